The van der Waals surface area contributed by atoms with Gasteiger partial charge in [-0.05, 0) is 56.2 Å². The molecule has 7 heteroatoms. The minimum atomic E-state index is 0.581. The Kier molecular flexibility index (Phi) is 8.68. The van der Waals surface area contributed by atoms with Crippen LogP contribution in [0.15, 0.2) is 33.8 Å². The van der Waals surface area contributed by atoms with Crippen LogP contribution in [0.5, 0.6) is 0 Å². The molecule has 0 saturated carbocycles. The molecule has 1 fully saturated rings. The fraction of sp³-hybridized carbons (Fsp3) is 0.609. The predicted octanol–water partition coefficient (Wildman–Crippen LogP) is 3.56. The van der Waals surface area contributed by atoms with Gasteiger partial charge in [0.15, 0.2) is 11.8 Å². The van der Waals surface area contributed by atoms with Crippen molar-refractivity contribution < 1.29 is 9.26 Å². The molecule has 7 nitrogen and oxygen atoms in total. The van der Waals surface area contributed by atoms with Gasteiger partial charge in [-0.2, -0.15) is 4.98 Å². The minimum absolute atomic E-state index is 0.581. The third-order valence-electron chi connectivity index (χ3n) is 5.56. The van der Waals surface area contributed by atoms with Gasteiger partial charge in [0.25, 0.3) is 5.89 Å². The van der Waals surface area contributed by atoms with Gasteiger partial charge in [-0.1, -0.05) is 24.2 Å². The Bertz CT molecular complexity index is 781. The first-order valence-corrected chi connectivity index (χ1v) is 11.2. The van der Waals surface area contributed by atoms with Gasteiger partial charge in [0, 0.05) is 51.9 Å². The van der Waals surface area contributed by atoms with Crippen LogP contribution in [-0.2, 0) is 17.6 Å². The molecule has 0 amide bonds. The summed E-state index contributed by atoms with van der Waals surface area (Å²) < 4.78 is 10.8. The highest BCUT2D eigenvalue weighted by molar-refractivity contribution is 5.79. The molecule has 2 heterocycles. The van der Waals surface area contributed by atoms with E-state index < -0.39 is 0 Å². The normalized spacial score (nSPS) is 15.4. The van der Waals surface area contributed by atoms with Crippen LogP contribution < -0.4 is 5.32 Å². The molecule has 0 unspecified atom stereocenters. The first-order valence-electron chi connectivity index (χ1n) is 11.2. The predicted molar refractivity (Wildman–Crippen MR) is 120 cm³/mol. The summed E-state index contributed by atoms with van der Waals surface area (Å²) in [6.45, 7) is 8.60. The number of hydrogen-bond acceptors (Lipinski definition) is 5. The van der Waals surface area contributed by atoms with Gasteiger partial charge in [0.1, 0.15) is 0 Å². The lowest BCUT2D eigenvalue weighted by Crippen LogP contribution is -2.40. The number of rotatable bonds is 9. The van der Waals surface area contributed by atoms with Crippen molar-refractivity contribution in [2.24, 2.45) is 10.9 Å². The Morgan fingerprint density at radius 2 is 1.97 bits per heavy atom. The van der Waals surface area contributed by atoms with Gasteiger partial charge in [0.05, 0.1) is 0 Å². The Hall–Kier alpha value is -2.41. The van der Waals surface area contributed by atoms with Gasteiger partial charge in [-0.3, -0.25) is 4.99 Å². The van der Waals surface area contributed by atoms with Crippen molar-refractivity contribution in [3.63, 3.8) is 0 Å². The second-order valence-corrected chi connectivity index (χ2v) is 7.82. The maximum Gasteiger partial charge on any atom is 0.257 e. The molecule has 1 saturated heterocycles. The van der Waals surface area contributed by atoms with Gasteiger partial charge in [-0.25, -0.2) is 0 Å². The van der Waals surface area contributed by atoms with Crippen LogP contribution >= 0.6 is 0 Å². The summed E-state index contributed by atoms with van der Waals surface area (Å²) in [6.07, 6.45) is 5.23. The lowest BCUT2D eigenvalue weighted by molar-refractivity contribution is 0.0625. The molecule has 3 rings (SSSR count). The highest BCUT2D eigenvalue weighted by Crippen LogP contribution is 2.19. The van der Waals surface area contributed by atoms with Crippen LogP contribution in [0.1, 0.15) is 44.5 Å². The van der Waals surface area contributed by atoms with Crippen LogP contribution in [0, 0.1) is 5.92 Å². The van der Waals surface area contributed by atoms with Crippen molar-refractivity contribution in [2.75, 3.05) is 39.9 Å². The topological polar surface area (TPSA) is 75.8 Å². The summed E-state index contributed by atoms with van der Waals surface area (Å²) >= 11 is 0. The number of hydrogen-bond donors (Lipinski definition) is 1. The van der Waals surface area contributed by atoms with E-state index in [2.05, 4.69) is 46.5 Å². The Labute approximate surface area is 179 Å². The summed E-state index contributed by atoms with van der Waals surface area (Å²) in [4.78, 5) is 11.5. The summed E-state index contributed by atoms with van der Waals surface area (Å²) in [5.74, 6) is 3.08. The summed E-state index contributed by atoms with van der Waals surface area (Å²) in [7, 11) is 2.13. The van der Waals surface area contributed by atoms with Crippen molar-refractivity contribution in [2.45, 2.75) is 46.0 Å². The van der Waals surface area contributed by atoms with Crippen molar-refractivity contribution in [3.05, 3.63) is 35.7 Å². The monoisotopic (exact) mass is 413 g/mol. The molecule has 1 aromatic carbocycles. The van der Waals surface area contributed by atoms with Gasteiger partial charge in [-0.15, -0.1) is 0 Å². The van der Waals surface area contributed by atoms with E-state index in [1.54, 1.807) is 0 Å². The van der Waals surface area contributed by atoms with Crippen LogP contribution in [0.25, 0.3) is 11.5 Å². The van der Waals surface area contributed by atoms with E-state index in [1.807, 2.05) is 19.1 Å². The first kappa shape index (κ1) is 22.3. The molecule has 1 aliphatic rings. The number of ether oxygens (including phenoxy) is 1. The van der Waals surface area contributed by atoms with Gasteiger partial charge < -0.3 is 19.5 Å². The largest absolute Gasteiger partial charge is 0.381 e. The zero-order valence-electron chi connectivity index (χ0n) is 18.6. The van der Waals surface area contributed by atoms with E-state index in [9.17, 15) is 0 Å². The number of guanidine groups is 1. The summed E-state index contributed by atoms with van der Waals surface area (Å²) in [5.41, 5.74) is 2.20. The van der Waals surface area contributed by atoms with E-state index in [0.29, 0.717) is 5.89 Å². The van der Waals surface area contributed by atoms with Crippen molar-refractivity contribution in [3.8, 4) is 11.5 Å². The van der Waals surface area contributed by atoms with Crippen LogP contribution in [-0.4, -0.2) is 60.9 Å². The third-order valence-corrected chi connectivity index (χ3v) is 5.56. The second-order valence-electron chi connectivity index (χ2n) is 7.82. The molecular formula is C23H35N5O2. The quantitative estimate of drug-likeness (QED) is 0.500. The molecule has 0 bridgehead atoms. The molecular weight excluding hydrogens is 378 g/mol. The summed E-state index contributed by atoms with van der Waals surface area (Å²) in [5, 5.41) is 7.38. The number of aryl methyl sites for hydroxylation is 1. The molecule has 1 aromatic heterocycles. The zero-order chi connectivity index (χ0) is 21.2. The molecule has 0 aliphatic carbocycles. The van der Waals surface area contributed by atoms with E-state index in [1.165, 1.54) is 24.8 Å². The molecule has 1 aliphatic heterocycles. The Balaban J connectivity index is 1.50. The average Bonchev–Trinajstić information content (AvgIpc) is 3.27. The fourth-order valence-electron chi connectivity index (χ4n) is 3.61. The molecule has 164 valence electrons. The number of nitrogens with zero attached hydrogens (tertiary/aromatic N) is 4. The van der Waals surface area contributed by atoms with E-state index in [0.717, 1.165) is 69.0 Å². The van der Waals surface area contributed by atoms with Crippen LogP contribution in [0.4, 0.5) is 0 Å². The Morgan fingerprint density at radius 3 is 2.63 bits per heavy atom. The minimum Gasteiger partial charge on any atom is -0.381 e. The lowest BCUT2D eigenvalue weighted by Gasteiger charge is -2.26. The zero-order valence-corrected chi connectivity index (χ0v) is 18.6. The highest BCUT2D eigenvalue weighted by atomic mass is 16.5. The number of nitrogens with one attached hydrogen (secondary N) is 1. The van der Waals surface area contributed by atoms with Crippen LogP contribution in [0.3, 0.4) is 0 Å². The van der Waals surface area contributed by atoms with E-state index >= 15 is 0 Å². The molecule has 2 aromatic rings. The van der Waals surface area contributed by atoms with E-state index in [-0.39, 0.29) is 0 Å². The lowest BCUT2D eigenvalue weighted by atomic mass is 9.96. The number of benzene rings is 1. The number of aliphatic imine (C=N–C) groups is 1. The molecule has 0 radical (unpaired) electrons. The molecule has 0 atom stereocenters. The number of aromatic nitrogens is 2. The second kappa shape index (κ2) is 11.7. The summed E-state index contributed by atoms with van der Waals surface area (Å²) in [6, 6.07) is 8.30. The SMILES string of the molecule is CCNC(=NCCc1ccc(-c2nc(CC)no2)cc1)N(C)CCC1CCOCC1. The third kappa shape index (κ3) is 6.55. The highest BCUT2D eigenvalue weighted by Gasteiger charge is 2.15. The first-order chi connectivity index (χ1) is 14.7. The maximum absolute atomic E-state index is 5.46. The maximum atomic E-state index is 5.46. The van der Waals surface area contributed by atoms with Gasteiger partial charge >= 0.3 is 0 Å². The smallest absolute Gasteiger partial charge is 0.257 e. The van der Waals surface area contributed by atoms with Crippen LogP contribution in [0.2, 0.25) is 0 Å². The molecule has 30 heavy (non-hydrogen) atoms. The van der Waals surface area contributed by atoms with Gasteiger partial charge in [0.2, 0.25) is 0 Å². The fourth-order valence-corrected chi connectivity index (χ4v) is 3.61. The van der Waals surface area contributed by atoms with Crippen molar-refractivity contribution >= 4 is 5.96 Å². The van der Waals surface area contributed by atoms with Crippen molar-refractivity contribution in [1.29, 1.82) is 0 Å². The Morgan fingerprint density at radius 1 is 1.20 bits per heavy atom. The standard InChI is InChI=1S/C23H35N5O2/c1-4-21-26-22(30-27-21)20-8-6-18(7-9-20)10-14-25-23(24-5-2)28(3)15-11-19-12-16-29-17-13-19/h6-9,19H,4-5,10-17H2,1-3H3,(H,24,25). The van der Waals surface area contributed by atoms with E-state index in [4.69, 9.17) is 14.3 Å². The van der Waals surface area contributed by atoms with Crippen molar-refractivity contribution in [1.82, 2.24) is 20.4 Å². The average molecular weight is 414 g/mol. The molecule has 0 spiro atoms. The molecule has 1 N–H and O–H groups in total.